The van der Waals surface area contributed by atoms with Gasteiger partial charge in [-0.1, -0.05) is 0 Å². The van der Waals surface area contributed by atoms with Crippen LogP contribution in [-0.2, 0) is 6.54 Å². The number of fused-ring (bicyclic) bond motifs is 1. The Kier molecular flexibility index (Phi) is 4.70. The maximum Gasteiger partial charge on any atom is 0.269 e. The summed E-state index contributed by atoms with van der Waals surface area (Å²) in [5.41, 5.74) is 2.80. The van der Waals surface area contributed by atoms with Gasteiger partial charge in [0.05, 0.1) is 17.6 Å². The molecular formula is C18H21F2N7O. The molecule has 3 aromatic heterocycles. The Morgan fingerprint density at radius 1 is 1.04 bits per heavy atom. The van der Waals surface area contributed by atoms with Crippen LogP contribution in [0.4, 0.5) is 20.3 Å². The Labute approximate surface area is 160 Å². The molecule has 0 aliphatic carbocycles. The fourth-order valence-corrected chi connectivity index (χ4v) is 3.48. The van der Waals surface area contributed by atoms with E-state index in [1.807, 2.05) is 35.4 Å². The van der Waals surface area contributed by atoms with E-state index < -0.39 is 18.5 Å². The molecular weight excluding hydrogens is 368 g/mol. The monoisotopic (exact) mass is 389 g/mol. The molecule has 10 heteroatoms. The lowest BCUT2D eigenvalue weighted by Gasteiger charge is -2.37. The number of rotatable bonds is 4. The molecule has 0 radical (unpaired) electrons. The van der Waals surface area contributed by atoms with E-state index in [0.29, 0.717) is 18.8 Å². The molecule has 0 N–H and O–H groups in total. The largest absolute Gasteiger partial charge is 0.367 e. The molecule has 1 aliphatic heterocycles. The summed E-state index contributed by atoms with van der Waals surface area (Å²) < 4.78 is 27.6. The average Bonchev–Trinajstić information content (AvgIpc) is 3.02. The Balaban J connectivity index is 1.51. The minimum Gasteiger partial charge on any atom is -0.367 e. The minimum absolute atomic E-state index is 0.515. The van der Waals surface area contributed by atoms with E-state index in [2.05, 4.69) is 20.1 Å². The molecule has 3 aromatic rings. The maximum atomic E-state index is 12.5. The van der Waals surface area contributed by atoms with Crippen LogP contribution in [-0.4, -0.2) is 57.0 Å². The smallest absolute Gasteiger partial charge is 0.269 e. The van der Waals surface area contributed by atoms with Crippen LogP contribution in [0.15, 0.2) is 29.2 Å². The molecule has 4 rings (SSSR count). The lowest BCUT2D eigenvalue weighted by Crippen LogP contribution is -2.47. The van der Waals surface area contributed by atoms with E-state index in [4.69, 9.17) is 0 Å². The number of aryl methyl sites for hydroxylation is 2. The number of alkyl halides is 2. The third-order valence-corrected chi connectivity index (χ3v) is 4.79. The van der Waals surface area contributed by atoms with Crippen LogP contribution >= 0.6 is 0 Å². The van der Waals surface area contributed by atoms with Crippen molar-refractivity contribution in [1.82, 2.24) is 24.4 Å². The topological polar surface area (TPSA) is 71.6 Å². The van der Waals surface area contributed by atoms with Crippen molar-refractivity contribution in [3.63, 3.8) is 0 Å². The quantitative estimate of drug-likeness (QED) is 0.673. The molecule has 0 aromatic carbocycles. The normalized spacial score (nSPS) is 15.0. The highest BCUT2D eigenvalue weighted by Crippen LogP contribution is 2.21. The fourth-order valence-electron chi connectivity index (χ4n) is 3.48. The summed E-state index contributed by atoms with van der Waals surface area (Å²) in [5.74, 6) is 0.987. The van der Waals surface area contributed by atoms with Gasteiger partial charge in [-0.15, -0.1) is 0 Å². The molecule has 0 spiro atoms. The first-order chi connectivity index (χ1) is 13.4. The summed E-state index contributed by atoms with van der Waals surface area (Å²) in [6.07, 6.45) is -1.13. The van der Waals surface area contributed by atoms with Gasteiger partial charge in [0.25, 0.3) is 12.0 Å². The van der Waals surface area contributed by atoms with Gasteiger partial charge in [-0.3, -0.25) is 4.79 Å². The van der Waals surface area contributed by atoms with Gasteiger partial charge in [-0.05, 0) is 13.8 Å². The minimum atomic E-state index is -2.61. The second-order valence-electron chi connectivity index (χ2n) is 6.91. The molecule has 0 unspecified atom stereocenters. The van der Waals surface area contributed by atoms with Crippen molar-refractivity contribution < 1.29 is 8.78 Å². The van der Waals surface area contributed by atoms with Crippen molar-refractivity contribution in [1.29, 1.82) is 0 Å². The highest BCUT2D eigenvalue weighted by molar-refractivity contribution is 5.53. The molecule has 4 heterocycles. The summed E-state index contributed by atoms with van der Waals surface area (Å²) in [5, 5.41) is 8.41. The van der Waals surface area contributed by atoms with Gasteiger partial charge in [0.1, 0.15) is 12.4 Å². The van der Waals surface area contributed by atoms with Crippen LogP contribution in [0.5, 0.6) is 0 Å². The standard InChI is InChI=1S/C18H21F2N7O/c1-12-8-17(27-16(22-12)7-13(2)23-27)25-5-3-24(4-6-25)14-9-18(28)26(21-10-14)11-15(19)20/h7-10,15H,3-6,11H2,1-2H3. The molecule has 0 amide bonds. The summed E-state index contributed by atoms with van der Waals surface area (Å²) >= 11 is 0. The second kappa shape index (κ2) is 7.17. The number of hydrogen-bond acceptors (Lipinski definition) is 6. The van der Waals surface area contributed by atoms with Gasteiger partial charge in [0, 0.05) is 50.1 Å². The van der Waals surface area contributed by atoms with Crippen molar-refractivity contribution in [2.24, 2.45) is 0 Å². The fraction of sp³-hybridized carbons (Fsp3) is 0.444. The van der Waals surface area contributed by atoms with Crippen molar-refractivity contribution in [3.05, 3.63) is 46.1 Å². The van der Waals surface area contributed by atoms with Crippen LogP contribution in [0.3, 0.4) is 0 Å². The highest BCUT2D eigenvalue weighted by atomic mass is 19.3. The number of aromatic nitrogens is 5. The van der Waals surface area contributed by atoms with Crippen molar-refractivity contribution in [2.75, 3.05) is 36.0 Å². The SMILES string of the molecule is Cc1cc(N2CCN(c3cnn(CC(F)F)c(=O)c3)CC2)n2nc(C)cc2n1. The molecule has 0 saturated carbocycles. The number of piperazine rings is 1. The molecule has 0 atom stereocenters. The lowest BCUT2D eigenvalue weighted by atomic mass is 10.2. The van der Waals surface area contributed by atoms with Gasteiger partial charge < -0.3 is 9.80 Å². The Hall–Kier alpha value is -3.04. The molecule has 28 heavy (non-hydrogen) atoms. The Morgan fingerprint density at radius 2 is 1.75 bits per heavy atom. The molecule has 1 aliphatic rings. The van der Waals surface area contributed by atoms with Crippen LogP contribution < -0.4 is 15.4 Å². The predicted octanol–water partition coefficient (Wildman–Crippen LogP) is 1.49. The molecule has 148 valence electrons. The van der Waals surface area contributed by atoms with Gasteiger partial charge in [0.2, 0.25) is 0 Å². The van der Waals surface area contributed by atoms with E-state index >= 15 is 0 Å². The summed E-state index contributed by atoms with van der Waals surface area (Å²) in [4.78, 5) is 20.8. The number of hydrogen-bond donors (Lipinski definition) is 0. The third-order valence-electron chi connectivity index (χ3n) is 4.79. The number of halogens is 2. The molecule has 8 nitrogen and oxygen atoms in total. The predicted molar refractivity (Wildman–Crippen MR) is 101 cm³/mol. The highest BCUT2D eigenvalue weighted by Gasteiger charge is 2.21. The first-order valence-corrected chi connectivity index (χ1v) is 9.10. The van der Waals surface area contributed by atoms with E-state index in [1.165, 1.54) is 12.3 Å². The zero-order chi connectivity index (χ0) is 19.8. The van der Waals surface area contributed by atoms with E-state index in [1.54, 1.807) is 0 Å². The summed E-state index contributed by atoms with van der Waals surface area (Å²) in [6, 6.07) is 5.34. The first kappa shape index (κ1) is 18.3. The number of nitrogens with zero attached hydrogens (tertiary/aromatic N) is 7. The Morgan fingerprint density at radius 3 is 2.43 bits per heavy atom. The second-order valence-corrected chi connectivity index (χ2v) is 6.91. The third kappa shape index (κ3) is 3.54. The summed E-state index contributed by atoms with van der Waals surface area (Å²) in [6.45, 7) is 6.05. The van der Waals surface area contributed by atoms with Gasteiger partial charge in [-0.25, -0.2) is 18.4 Å². The first-order valence-electron chi connectivity index (χ1n) is 9.10. The summed E-state index contributed by atoms with van der Waals surface area (Å²) in [7, 11) is 0. The van der Waals surface area contributed by atoms with Gasteiger partial charge >= 0.3 is 0 Å². The van der Waals surface area contributed by atoms with Crippen molar-refractivity contribution in [3.8, 4) is 0 Å². The van der Waals surface area contributed by atoms with Crippen molar-refractivity contribution >= 4 is 17.2 Å². The van der Waals surface area contributed by atoms with E-state index in [9.17, 15) is 13.6 Å². The molecule has 1 saturated heterocycles. The van der Waals surface area contributed by atoms with Crippen LogP contribution in [0.2, 0.25) is 0 Å². The zero-order valence-electron chi connectivity index (χ0n) is 15.7. The molecule has 0 bridgehead atoms. The van der Waals surface area contributed by atoms with Gasteiger partial charge in [0.15, 0.2) is 5.65 Å². The van der Waals surface area contributed by atoms with Crippen molar-refractivity contribution in [2.45, 2.75) is 26.8 Å². The van der Waals surface area contributed by atoms with Gasteiger partial charge in [-0.2, -0.15) is 14.7 Å². The Bertz CT molecular complexity index is 1050. The van der Waals surface area contributed by atoms with E-state index in [-0.39, 0.29) is 0 Å². The maximum absolute atomic E-state index is 12.5. The van der Waals surface area contributed by atoms with Crippen LogP contribution in [0.1, 0.15) is 11.4 Å². The lowest BCUT2D eigenvalue weighted by molar-refractivity contribution is 0.119. The number of anilines is 2. The molecule has 1 fully saturated rings. The van der Waals surface area contributed by atoms with Crippen LogP contribution in [0.25, 0.3) is 5.65 Å². The van der Waals surface area contributed by atoms with Crippen LogP contribution in [0, 0.1) is 13.8 Å². The average molecular weight is 389 g/mol. The zero-order valence-corrected chi connectivity index (χ0v) is 15.7. The van der Waals surface area contributed by atoms with E-state index in [0.717, 1.165) is 40.6 Å².